The summed E-state index contributed by atoms with van der Waals surface area (Å²) >= 11 is 0. The number of methoxy groups -OCH3 is 2. The second-order valence-corrected chi connectivity index (χ2v) is 3.71. The highest BCUT2D eigenvalue weighted by atomic mass is 16.5. The third-order valence-electron chi connectivity index (χ3n) is 2.31. The van der Waals surface area contributed by atoms with Crippen LogP contribution in [-0.4, -0.2) is 39.8 Å². The first-order valence-electron chi connectivity index (χ1n) is 5.03. The Hall–Kier alpha value is -1.22. The van der Waals surface area contributed by atoms with E-state index in [4.69, 9.17) is 9.47 Å². The highest BCUT2D eigenvalue weighted by molar-refractivity contribution is 5.46. The van der Waals surface area contributed by atoms with Crippen LogP contribution in [0.25, 0.3) is 0 Å². The van der Waals surface area contributed by atoms with E-state index >= 15 is 0 Å². The molecule has 0 aliphatic heterocycles. The van der Waals surface area contributed by atoms with Crippen LogP contribution in [0.4, 0.5) is 0 Å². The van der Waals surface area contributed by atoms with Crippen LogP contribution in [0.5, 0.6) is 11.5 Å². The van der Waals surface area contributed by atoms with E-state index in [1.165, 1.54) is 5.56 Å². The van der Waals surface area contributed by atoms with E-state index in [0.29, 0.717) is 0 Å². The third kappa shape index (κ3) is 3.13. The van der Waals surface area contributed by atoms with Gasteiger partial charge in [-0.1, -0.05) is 12.1 Å². The minimum absolute atomic E-state index is 0.800. The van der Waals surface area contributed by atoms with Crippen molar-refractivity contribution in [1.82, 2.24) is 4.90 Å². The Morgan fingerprint density at radius 3 is 2.40 bits per heavy atom. The summed E-state index contributed by atoms with van der Waals surface area (Å²) in [5.41, 5.74) is 1.19. The van der Waals surface area contributed by atoms with E-state index in [9.17, 15) is 0 Å². The summed E-state index contributed by atoms with van der Waals surface area (Å²) in [6.07, 6.45) is 0.966. The van der Waals surface area contributed by atoms with Crippen molar-refractivity contribution >= 4 is 0 Å². The summed E-state index contributed by atoms with van der Waals surface area (Å²) in [5.74, 6) is 1.65. The fourth-order valence-corrected chi connectivity index (χ4v) is 1.49. The summed E-state index contributed by atoms with van der Waals surface area (Å²) < 4.78 is 10.6. The Labute approximate surface area is 91.6 Å². The number of ether oxygens (including phenoxy) is 2. The molecule has 0 atom stereocenters. The molecule has 15 heavy (non-hydrogen) atoms. The van der Waals surface area contributed by atoms with Gasteiger partial charge in [-0.2, -0.15) is 0 Å². The zero-order valence-corrected chi connectivity index (χ0v) is 9.91. The number of benzene rings is 1. The van der Waals surface area contributed by atoms with Crippen molar-refractivity contribution < 1.29 is 9.47 Å². The summed E-state index contributed by atoms with van der Waals surface area (Å²) in [7, 11) is 7.46. The first-order valence-corrected chi connectivity index (χ1v) is 5.03. The molecule has 0 amide bonds. The van der Waals surface area contributed by atoms with E-state index in [1.807, 2.05) is 12.1 Å². The Morgan fingerprint density at radius 1 is 1.13 bits per heavy atom. The van der Waals surface area contributed by atoms with Crippen LogP contribution in [0.1, 0.15) is 5.56 Å². The number of hydrogen-bond donors (Lipinski definition) is 0. The van der Waals surface area contributed by atoms with Gasteiger partial charge in [-0.25, -0.2) is 0 Å². The van der Waals surface area contributed by atoms with Crippen molar-refractivity contribution in [2.75, 3.05) is 34.9 Å². The quantitative estimate of drug-likeness (QED) is 0.738. The van der Waals surface area contributed by atoms with Gasteiger partial charge in [-0.15, -0.1) is 0 Å². The number of para-hydroxylation sites is 1. The van der Waals surface area contributed by atoms with Crippen molar-refractivity contribution in [2.24, 2.45) is 0 Å². The molecule has 0 spiro atoms. The maximum absolute atomic E-state index is 5.36. The zero-order valence-electron chi connectivity index (χ0n) is 9.91. The first-order chi connectivity index (χ1) is 7.19. The molecule has 0 aliphatic carbocycles. The lowest BCUT2D eigenvalue weighted by Gasteiger charge is -2.14. The van der Waals surface area contributed by atoms with Gasteiger partial charge in [-0.3, -0.25) is 0 Å². The average Bonchev–Trinajstić information content (AvgIpc) is 2.25. The number of likely N-dealkylation sites (N-methyl/N-ethyl adjacent to an activating group) is 1. The molecule has 3 heteroatoms. The normalized spacial score (nSPS) is 10.5. The Balaban J connectivity index is 2.86. The molecule has 0 aliphatic rings. The summed E-state index contributed by atoms with van der Waals surface area (Å²) in [4.78, 5) is 2.15. The third-order valence-corrected chi connectivity index (χ3v) is 2.31. The largest absolute Gasteiger partial charge is 0.493 e. The smallest absolute Gasteiger partial charge is 0.163 e. The second-order valence-electron chi connectivity index (χ2n) is 3.71. The monoisotopic (exact) mass is 209 g/mol. The highest BCUT2D eigenvalue weighted by Gasteiger charge is 2.08. The van der Waals surface area contributed by atoms with E-state index < -0.39 is 0 Å². The highest BCUT2D eigenvalue weighted by Crippen LogP contribution is 2.30. The second kappa shape index (κ2) is 5.61. The van der Waals surface area contributed by atoms with Gasteiger partial charge in [-0.05, 0) is 32.1 Å². The lowest BCUT2D eigenvalue weighted by atomic mass is 10.1. The lowest BCUT2D eigenvalue weighted by Crippen LogP contribution is -2.15. The molecular formula is C12H19NO2. The molecule has 0 unspecified atom stereocenters. The topological polar surface area (TPSA) is 21.7 Å². The zero-order chi connectivity index (χ0) is 11.3. The van der Waals surface area contributed by atoms with Crippen molar-refractivity contribution in [1.29, 1.82) is 0 Å². The van der Waals surface area contributed by atoms with Crippen LogP contribution in [0.3, 0.4) is 0 Å². The number of nitrogens with zero attached hydrogens (tertiary/aromatic N) is 1. The van der Waals surface area contributed by atoms with Crippen molar-refractivity contribution in [2.45, 2.75) is 6.42 Å². The van der Waals surface area contributed by atoms with Crippen LogP contribution >= 0.6 is 0 Å². The Morgan fingerprint density at radius 2 is 1.87 bits per heavy atom. The fraction of sp³-hybridized carbons (Fsp3) is 0.500. The van der Waals surface area contributed by atoms with Gasteiger partial charge in [0.15, 0.2) is 11.5 Å². The molecular weight excluding hydrogens is 190 g/mol. The van der Waals surface area contributed by atoms with Crippen LogP contribution in [0, 0.1) is 0 Å². The standard InChI is InChI=1S/C12H19NO2/c1-13(2)9-8-10-6-5-7-11(14-3)12(10)15-4/h5-7H,8-9H2,1-4H3. The van der Waals surface area contributed by atoms with E-state index in [2.05, 4.69) is 25.1 Å². The molecule has 0 saturated heterocycles. The molecule has 3 nitrogen and oxygen atoms in total. The van der Waals surface area contributed by atoms with Crippen LogP contribution in [0.2, 0.25) is 0 Å². The van der Waals surface area contributed by atoms with E-state index in [1.54, 1.807) is 14.2 Å². The lowest BCUT2D eigenvalue weighted by molar-refractivity contribution is 0.348. The van der Waals surface area contributed by atoms with Gasteiger partial charge < -0.3 is 14.4 Å². The van der Waals surface area contributed by atoms with Gasteiger partial charge in [0, 0.05) is 6.54 Å². The molecule has 1 rings (SSSR count). The average molecular weight is 209 g/mol. The molecule has 0 aromatic heterocycles. The predicted molar refractivity (Wildman–Crippen MR) is 61.8 cm³/mol. The maximum Gasteiger partial charge on any atom is 0.163 e. The minimum atomic E-state index is 0.800. The molecule has 0 heterocycles. The van der Waals surface area contributed by atoms with Crippen LogP contribution in [-0.2, 0) is 6.42 Å². The first kappa shape index (κ1) is 11.9. The molecule has 0 fully saturated rings. The Bertz CT molecular complexity index is 310. The van der Waals surface area contributed by atoms with Crippen molar-refractivity contribution in [3.63, 3.8) is 0 Å². The van der Waals surface area contributed by atoms with Gasteiger partial charge >= 0.3 is 0 Å². The number of hydrogen-bond acceptors (Lipinski definition) is 3. The maximum atomic E-state index is 5.36. The van der Waals surface area contributed by atoms with Gasteiger partial charge in [0.25, 0.3) is 0 Å². The molecule has 1 aromatic carbocycles. The summed E-state index contributed by atoms with van der Waals surface area (Å²) in [6, 6.07) is 5.98. The minimum Gasteiger partial charge on any atom is -0.493 e. The van der Waals surface area contributed by atoms with Gasteiger partial charge in [0.05, 0.1) is 14.2 Å². The fourth-order valence-electron chi connectivity index (χ4n) is 1.49. The van der Waals surface area contributed by atoms with E-state index in [-0.39, 0.29) is 0 Å². The summed E-state index contributed by atoms with van der Waals surface area (Å²) in [6.45, 7) is 1.00. The van der Waals surface area contributed by atoms with E-state index in [0.717, 1.165) is 24.5 Å². The van der Waals surface area contributed by atoms with Crippen molar-refractivity contribution in [3.8, 4) is 11.5 Å². The molecule has 84 valence electrons. The SMILES string of the molecule is COc1cccc(CCN(C)C)c1OC. The molecule has 0 saturated carbocycles. The molecule has 0 N–H and O–H groups in total. The predicted octanol–water partition coefficient (Wildman–Crippen LogP) is 1.81. The summed E-state index contributed by atoms with van der Waals surface area (Å²) in [5, 5.41) is 0. The van der Waals surface area contributed by atoms with Crippen LogP contribution in [0.15, 0.2) is 18.2 Å². The van der Waals surface area contributed by atoms with Gasteiger partial charge in [0.2, 0.25) is 0 Å². The Kier molecular flexibility index (Phi) is 4.43. The van der Waals surface area contributed by atoms with Crippen molar-refractivity contribution in [3.05, 3.63) is 23.8 Å². The molecule has 0 radical (unpaired) electrons. The molecule has 0 bridgehead atoms. The van der Waals surface area contributed by atoms with Gasteiger partial charge in [0.1, 0.15) is 0 Å². The van der Waals surface area contributed by atoms with Crippen LogP contribution < -0.4 is 9.47 Å². The molecule has 1 aromatic rings. The number of rotatable bonds is 5.